The quantitative estimate of drug-likeness (QED) is 0.260. The normalized spacial score (nSPS) is 22.0. The van der Waals surface area contributed by atoms with Crippen LogP contribution in [0.15, 0.2) is 65.8 Å². The summed E-state index contributed by atoms with van der Waals surface area (Å²) in [5.41, 5.74) is 7.75. The molecule has 3 N–H and O–H groups in total. The zero-order chi connectivity index (χ0) is 27.1. The number of halogens is 1. The van der Waals surface area contributed by atoms with Gasteiger partial charge in [0.2, 0.25) is 0 Å². The molecule has 196 valence electrons. The van der Waals surface area contributed by atoms with Crippen LogP contribution in [0.4, 0.5) is 4.39 Å². The lowest BCUT2D eigenvalue weighted by atomic mass is 9.83. The third-order valence-electron chi connectivity index (χ3n) is 7.59. The third-order valence-corrected chi connectivity index (χ3v) is 10.2. The molecule has 0 aliphatic carbocycles. The standard InChI is InChI=1S/C31H33FN3O2P/c1-18(2)22-7-9-28-35-19(3)11-23-14-21(24(15-33)16-34-4)6-8-25(23)31(35)30-26(32)12-20(5-10-29(36)37)13-27(30)38(28)17-22/h5-10,12-19,31,33-34,38H,11H2,1-4H3,(H,36,37)/b10-5+,24-16+,33-15?/t19-,31?/m1/s1. The molecule has 3 atom stereocenters. The van der Waals surface area contributed by atoms with E-state index in [0.29, 0.717) is 17.0 Å². The third kappa shape index (κ3) is 4.48. The lowest BCUT2D eigenvalue weighted by molar-refractivity contribution is -0.131. The Balaban J connectivity index is 1.75. The summed E-state index contributed by atoms with van der Waals surface area (Å²) in [6.45, 7) is 6.55. The summed E-state index contributed by atoms with van der Waals surface area (Å²) in [5, 5.41) is 21.0. The molecule has 3 aliphatic heterocycles. The van der Waals surface area contributed by atoms with E-state index < -0.39 is 13.5 Å². The second-order valence-electron chi connectivity index (χ2n) is 10.4. The number of carboxylic acids is 1. The molecule has 0 spiro atoms. The molecule has 0 radical (unpaired) electrons. The molecule has 5 nitrogen and oxygen atoms in total. The minimum atomic E-state index is -1.43. The van der Waals surface area contributed by atoms with Crippen molar-refractivity contribution in [1.29, 1.82) is 5.41 Å². The van der Waals surface area contributed by atoms with Crippen LogP contribution in [0.2, 0.25) is 0 Å². The van der Waals surface area contributed by atoms with Crippen molar-refractivity contribution >= 4 is 42.5 Å². The lowest BCUT2D eigenvalue weighted by Crippen LogP contribution is -2.46. The Morgan fingerprint density at radius 2 is 2.05 bits per heavy atom. The van der Waals surface area contributed by atoms with Crippen LogP contribution in [0.1, 0.15) is 54.6 Å². The zero-order valence-corrected chi connectivity index (χ0v) is 23.0. The number of rotatable bonds is 6. The fraction of sp³-hybridized carbons (Fsp3) is 0.258. The van der Waals surface area contributed by atoms with Gasteiger partial charge in [0.25, 0.3) is 0 Å². The van der Waals surface area contributed by atoms with Crippen molar-refractivity contribution in [3.8, 4) is 0 Å². The average molecular weight is 530 g/mol. The maximum Gasteiger partial charge on any atom is 0.328 e. The number of carbonyl (C=O) groups is 1. The molecule has 2 unspecified atom stereocenters. The second-order valence-corrected chi connectivity index (χ2v) is 12.5. The van der Waals surface area contributed by atoms with Gasteiger partial charge in [-0.05, 0) is 84.2 Å². The fourth-order valence-corrected chi connectivity index (χ4v) is 8.94. The van der Waals surface area contributed by atoms with E-state index >= 15 is 4.39 Å². The molecule has 0 fully saturated rings. The molecule has 3 heterocycles. The number of nitrogens with zero attached hydrogens (tertiary/aromatic N) is 1. The van der Waals surface area contributed by atoms with Crippen LogP contribution in [0.3, 0.4) is 0 Å². The SMILES string of the molecule is CN/C=C(\C=N)c1ccc2c(c1)C[C@@H](C)N1C3=CC=C(C(C)C)C=[PH]3c3cc(/C=C/C(=O)O)cc(F)c3C21. The topological polar surface area (TPSA) is 76.4 Å². The molecule has 2 aromatic rings. The van der Waals surface area contributed by atoms with Crippen molar-refractivity contribution in [1.82, 2.24) is 10.2 Å². The molecule has 0 amide bonds. The monoisotopic (exact) mass is 529 g/mol. The summed E-state index contributed by atoms with van der Waals surface area (Å²) in [5.74, 6) is 1.35. The predicted octanol–water partition coefficient (Wildman–Crippen LogP) is 5.56. The number of hydrogen-bond acceptors (Lipinski definition) is 4. The highest BCUT2D eigenvalue weighted by Crippen LogP contribution is 2.54. The van der Waals surface area contributed by atoms with Gasteiger partial charge in [-0.1, -0.05) is 43.9 Å². The van der Waals surface area contributed by atoms with E-state index in [0.717, 1.165) is 40.1 Å². The maximum absolute atomic E-state index is 16.1. The summed E-state index contributed by atoms with van der Waals surface area (Å²) in [7, 11) is 0.384. The zero-order valence-electron chi connectivity index (χ0n) is 22.0. The Hall–Kier alpha value is -3.63. The van der Waals surface area contributed by atoms with Gasteiger partial charge < -0.3 is 20.7 Å². The predicted molar refractivity (Wildman–Crippen MR) is 157 cm³/mol. The van der Waals surface area contributed by atoms with Crippen molar-refractivity contribution in [3.63, 3.8) is 0 Å². The Kier molecular flexibility index (Phi) is 7.02. The first-order valence-corrected chi connectivity index (χ1v) is 14.5. The Labute approximate surface area is 224 Å². The van der Waals surface area contributed by atoms with Crippen molar-refractivity contribution in [2.45, 2.75) is 39.3 Å². The average Bonchev–Trinajstić information content (AvgIpc) is 2.89. The molecule has 0 saturated heterocycles. The van der Waals surface area contributed by atoms with E-state index in [4.69, 9.17) is 10.5 Å². The van der Waals surface area contributed by atoms with E-state index in [1.54, 1.807) is 0 Å². The van der Waals surface area contributed by atoms with E-state index in [9.17, 15) is 4.79 Å². The van der Waals surface area contributed by atoms with Crippen LogP contribution >= 0.6 is 7.55 Å². The summed E-state index contributed by atoms with van der Waals surface area (Å²) in [4.78, 5) is 13.6. The van der Waals surface area contributed by atoms with E-state index in [1.165, 1.54) is 29.4 Å². The highest BCUT2D eigenvalue weighted by atomic mass is 31.1. The van der Waals surface area contributed by atoms with Gasteiger partial charge >= 0.3 is 5.97 Å². The van der Waals surface area contributed by atoms with Crippen LogP contribution in [0.25, 0.3) is 11.6 Å². The molecular weight excluding hydrogens is 496 g/mol. The second kappa shape index (κ2) is 10.3. The van der Waals surface area contributed by atoms with Gasteiger partial charge in [-0.25, -0.2) is 9.18 Å². The number of benzene rings is 2. The fourth-order valence-electron chi connectivity index (χ4n) is 5.84. The van der Waals surface area contributed by atoms with E-state index in [1.807, 2.05) is 25.4 Å². The summed E-state index contributed by atoms with van der Waals surface area (Å²) in [6.07, 6.45) is 10.9. The first-order chi connectivity index (χ1) is 18.2. The first-order valence-electron chi connectivity index (χ1n) is 12.9. The van der Waals surface area contributed by atoms with Crippen LogP contribution in [0, 0.1) is 17.1 Å². The highest BCUT2D eigenvalue weighted by molar-refractivity contribution is 7.69. The van der Waals surface area contributed by atoms with Crippen molar-refractivity contribution in [2.24, 2.45) is 5.92 Å². The van der Waals surface area contributed by atoms with Gasteiger partial charge in [-0.15, -0.1) is 0 Å². The molecular formula is C31H33FN3O2P. The van der Waals surface area contributed by atoms with Gasteiger partial charge in [0, 0.05) is 48.2 Å². The van der Waals surface area contributed by atoms with Crippen LogP contribution in [0.5, 0.6) is 0 Å². The van der Waals surface area contributed by atoms with Crippen molar-refractivity contribution in [3.05, 3.63) is 99.4 Å². The summed E-state index contributed by atoms with van der Waals surface area (Å²) < 4.78 is 16.1. The number of carboxylic acid groups (broad SMARTS) is 1. The van der Waals surface area contributed by atoms with Crippen molar-refractivity contribution < 1.29 is 14.3 Å². The molecule has 38 heavy (non-hydrogen) atoms. The van der Waals surface area contributed by atoms with E-state index in [2.05, 4.69) is 61.1 Å². The molecule has 0 saturated carbocycles. The summed E-state index contributed by atoms with van der Waals surface area (Å²) >= 11 is 0. The molecule has 7 heteroatoms. The van der Waals surface area contributed by atoms with E-state index in [-0.39, 0.29) is 17.9 Å². The van der Waals surface area contributed by atoms with Crippen LogP contribution in [-0.2, 0) is 11.2 Å². The molecule has 3 aliphatic rings. The smallest absolute Gasteiger partial charge is 0.328 e. The van der Waals surface area contributed by atoms with Gasteiger partial charge in [0.15, 0.2) is 0 Å². The lowest BCUT2D eigenvalue weighted by Gasteiger charge is -2.50. The van der Waals surface area contributed by atoms with Gasteiger partial charge in [-0.3, -0.25) is 0 Å². The molecule has 0 bridgehead atoms. The Bertz CT molecular complexity index is 1500. The number of allylic oxidation sites excluding steroid dienone is 4. The minimum Gasteiger partial charge on any atom is -0.478 e. The highest BCUT2D eigenvalue weighted by Gasteiger charge is 2.42. The Morgan fingerprint density at radius 1 is 1.26 bits per heavy atom. The van der Waals surface area contributed by atoms with Gasteiger partial charge in [-0.2, -0.15) is 0 Å². The van der Waals surface area contributed by atoms with Gasteiger partial charge in [0.05, 0.1) is 6.04 Å². The minimum absolute atomic E-state index is 0.159. The number of hydrogen-bond donors (Lipinski definition) is 3. The first kappa shape index (κ1) is 26.0. The summed E-state index contributed by atoms with van der Waals surface area (Å²) in [6, 6.07) is 9.59. The number of fused-ring (bicyclic) bond motifs is 8. The maximum atomic E-state index is 16.1. The Morgan fingerprint density at radius 3 is 2.74 bits per heavy atom. The van der Waals surface area contributed by atoms with Crippen LogP contribution in [-0.4, -0.2) is 41.1 Å². The molecule has 0 aromatic heterocycles. The largest absolute Gasteiger partial charge is 0.478 e. The van der Waals surface area contributed by atoms with Crippen molar-refractivity contribution in [2.75, 3.05) is 7.05 Å². The molecule has 2 aromatic carbocycles. The number of aliphatic carboxylic acids is 1. The number of nitrogens with one attached hydrogen (secondary N) is 2. The molecule has 5 rings (SSSR count). The van der Waals surface area contributed by atoms with Gasteiger partial charge in [0.1, 0.15) is 5.82 Å². The van der Waals surface area contributed by atoms with Crippen LogP contribution < -0.4 is 10.6 Å².